The molecule has 31 heavy (non-hydrogen) atoms. The molecule has 6 nitrogen and oxygen atoms in total. The Morgan fingerprint density at radius 3 is 2.29 bits per heavy atom. The van der Waals surface area contributed by atoms with Gasteiger partial charge in [-0.05, 0) is 23.8 Å². The molecule has 0 radical (unpaired) electrons. The van der Waals surface area contributed by atoms with Gasteiger partial charge in [-0.25, -0.2) is 0 Å². The molecule has 4 rings (SSSR count). The summed E-state index contributed by atoms with van der Waals surface area (Å²) >= 11 is 0. The zero-order valence-corrected chi connectivity index (χ0v) is 17.3. The summed E-state index contributed by atoms with van der Waals surface area (Å²) < 4.78 is 1.60. The first-order chi connectivity index (χ1) is 15.1. The molecule has 0 aliphatic rings. The van der Waals surface area contributed by atoms with Crippen LogP contribution < -0.4 is 10.2 Å². The van der Waals surface area contributed by atoms with Crippen molar-refractivity contribution in [3.63, 3.8) is 0 Å². The van der Waals surface area contributed by atoms with E-state index in [1.165, 1.54) is 0 Å². The lowest BCUT2D eigenvalue weighted by Gasteiger charge is -2.25. The van der Waals surface area contributed by atoms with Crippen LogP contribution in [-0.2, 0) is 22.6 Å². The van der Waals surface area contributed by atoms with Crippen molar-refractivity contribution in [3.8, 4) is 0 Å². The molecule has 1 aromatic heterocycles. The predicted octanol–water partition coefficient (Wildman–Crippen LogP) is 3.43. The van der Waals surface area contributed by atoms with Gasteiger partial charge >= 0.3 is 0 Å². The number of nitrogens with one attached hydrogen (secondary N) is 1. The number of carbonyl (C=O) groups is 2. The molecule has 156 valence electrons. The second-order valence-corrected chi connectivity index (χ2v) is 7.43. The molecule has 0 bridgehead atoms. The van der Waals surface area contributed by atoms with Crippen LogP contribution in [0.3, 0.4) is 0 Å². The third kappa shape index (κ3) is 4.98. The van der Waals surface area contributed by atoms with Crippen molar-refractivity contribution in [2.45, 2.75) is 19.0 Å². The summed E-state index contributed by atoms with van der Waals surface area (Å²) in [4.78, 5) is 27.7. The summed E-state index contributed by atoms with van der Waals surface area (Å²) in [5, 5.41) is 8.32. The van der Waals surface area contributed by atoms with E-state index in [2.05, 4.69) is 10.4 Å². The summed E-state index contributed by atoms with van der Waals surface area (Å²) in [5.74, 6) is -0.433. The molecule has 1 atom stereocenters. The van der Waals surface area contributed by atoms with Gasteiger partial charge in [0.25, 0.3) is 0 Å². The number of amides is 2. The SMILES string of the molecule is CN(C(=O)[C@H](Cc1ccccc1)NC(=O)Cn1cc2ccccc2n1)c1ccccc1. The minimum Gasteiger partial charge on any atom is -0.342 e. The number of carbonyl (C=O) groups excluding carboxylic acids is 2. The van der Waals surface area contributed by atoms with Crippen LogP contribution in [0.2, 0.25) is 0 Å². The molecule has 2 amide bonds. The number of para-hydroxylation sites is 1. The van der Waals surface area contributed by atoms with Crippen molar-refractivity contribution >= 4 is 28.4 Å². The minimum absolute atomic E-state index is 0.0439. The van der Waals surface area contributed by atoms with E-state index in [9.17, 15) is 9.59 Å². The van der Waals surface area contributed by atoms with Crippen molar-refractivity contribution in [2.24, 2.45) is 0 Å². The van der Waals surface area contributed by atoms with E-state index in [-0.39, 0.29) is 18.4 Å². The average Bonchev–Trinajstić information content (AvgIpc) is 3.21. The maximum Gasteiger partial charge on any atom is 0.249 e. The molecular formula is C25H24N4O2. The summed E-state index contributed by atoms with van der Waals surface area (Å²) in [6, 6.07) is 26.1. The molecule has 0 aliphatic heterocycles. The predicted molar refractivity (Wildman–Crippen MR) is 122 cm³/mol. The monoisotopic (exact) mass is 412 g/mol. The van der Waals surface area contributed by atoms with Gasteiger partial charge in [0.05, 0.1) is 5.52 Å². The highest BCUT2D eigenvalue weighted by Gasteiger charge is 2.25. The molecule has 6 heteroatoms. The molecule has 0 saturated carbocycles. The molecule has 0 saturated heterocycles. The molecule has 1 N–H and O–H groups in total. The lowest BCUT2D eigenvalue weighted by molar-refractivity contribution is -0.127. The van der Waals surface area contributed by atoms with Gasteiger partial charge in [0.1, 0.15) is 12.6 Å². The van der Waals surface area contributed by atoms with E-state index < -0.39 is 6.04 Å². The third-order valence-electron chi connectivity index (χ3n) is 5.16. The lowest BCUT2D eigenvalue weighted by Crippen LogP contribution is -2.49. The number of benzene rings is 3. The highest BCUT2D eigenvalue weighted by atomic mass is 16.2. The largest absolute Gasteiger partial charge is 0.342 e. The van der Waals surface area contributed by atoms with E-state index >= 15 is 0 Å². The Morgan fingerprint density at radius 2 is 1.58 bits per heavy atom. The first-order valence-corrected chi connectivity index (χ1v) is 10.2. The summed E-state index contributed by atoms with van der Waals surface area (Å²) in [6.07, 6.45) is 2.24. The van der Waals surface area contributed by atoms with Gasteiger partial charge in [0.15, 0.2) is 0 Å². The average molecular weight is 412 g/mol. The number of rotatable bonds is 7. The van der Waals surface area contributed by atoms with Crippen LogP contribution in [0.25, 0.3) is 10.9 Å². The van der Waals surface area contributed by atoms with Gasteiger partial charge in [-0.2, -0.15) is 5.10 Å². The minimum atomic E-state index is -0.690. The van der Waals surface area contributed by atoms with Crippen LogP contribution in [0.5, 0.6) is 0 Å². The first kappa shape index (κ1) is 20.3. The Bertz CT molecular complexity index is 1140. The molecule has 4 aromatic rings. The molecule has 0 fully saturated rings. The van der Waals surface area contributed by atoms with Crippen LogP contribution in [0.15, 0.2) is 91.1 Å². The Hall–Kier alpha value is -3.93. The van der Waals surface area contributed by atoms with Crippen molar-refractivity contribution in [3.05, 3.63) is 96.7 Å². The number of hydrogen-bond acceptors (Lipinski definition) is 3. The van der Waals surface area contributed by atoms with Gasteiger partial charge in [-0.3, -0.25) is 14.3 Å². The van der Waals surface area contributed by atoms with Crippen LogP contribution in [0.1, 0.15) is 5.56 Å². The fourth-order valence-corrected chi connectivity index (χ4v) is 3.55. The van der Waals surface area contributed by atoms with Gasteiger partial charge < -0.3 is 10.2 Å². The van der Waals surface area contributed by atoms with Crippen LogP contribution in [-0.4, -0.2) is 34.7 Å². The van der Waals surface area contributed by atoms with Gasteiger partial charge in [-0.15, -0.1) is 0 Å². The van der Waals surface area contributed by atoms with E-state index in [0.29, 0.717) is 6.42 Å². The summed E-state index contributed by atoms with van der Waals surface area (Å²) in [5.41, 5.74) is 2.58. The van der Waals surface area contributed by atoms with E-state index in [0.717, 1.165) is 22.2 Å². The van der Waals surface area contributed by atoms with Crippen molar-refractivity contribution < 1.29 is 9.59 Å². The molecule has 3 aromatic carbocycles. The smallest absolute Gasteiger partial charge is 0.249 e. The third-order valence-corrected chi connectivity index (χ3v) is 5.16. The lowest BCUT2D eigenvalue weighted by atomic mass is 10.0. The van der Waals surface area contributed by atoms with Crippen LogP contribution >= 0.6 is 0 Å². The molecule has 0 unspecified atom stereocenters. The van der Waals surface area contributed by atoms with Crippen LogP contribution in [0.4, 0.5) is 5.69 Å². The first-order valence-electron chi connectivity index (χ1n) is 10.2. The highest BCUT2D eigenvalue weighted by Crippen LogP contribution is 2.15. The molecule has 1 heterocycles. The number of fused-ring (bicyclic) bond motifs is 1. The quantitative estimate of drug-likeness (QED) is 0.506. The zero-order valence-electron chi connectivity index (χ0n) is 17.3. The molecule has 0 spiro atoms. The number of nitrogens with zero attached hydrogens (tertiary/aromatic N) is 3. The van der Waals surface area contributed by atoms with Crippen molar-refractivity contribution in [1.82, 2.24) is 15.1 Å². The number of likely N-dealkylation sites (N-methyl/N-ethyl adjacent to an activating group) is 1. The normalized spacial score (nSPS) is 11.8. The highest BCUT2D eigenvalue weighted by molar-refractivity contribution is 5.99. The van der Waals surface area contributed by atoms with Crippen molar-refractivity contribution in [2.75, 3.05) is 11.9 Å². The standard InChI is InChI=1S/C25H24N4O2/c1-28(21-13-6-3-7-14-21)25(31)23(16-19-10-4-2-5-11-19)26-24(30)18-29-17-20-12-8-9-15-22(20)27-29/h2-15,17,23H,16,18H2,1H3,(H,26,30)/t23-/m0/s1. The fourth-order valence-electron chi connectivity index (χ4n) is 3.55. The Balaban J connectivity index is 1.51. The van der Waals surface area contributed by atoms with Gasteiger partial charge in [0, 0.05) is 30.7 Å². The topological polar surface area (TPSA) is 67.2 Å². The second kappa shape index (κ2) is 9.26. The number of anilines is 1. The van der Waals surface area contributed by atoms with Gasteiger partial charge in [0.2, 0.25) is 11.8 Å². The molecule has 0 aliphatic carbocycles. The summed E-state index contributed by atoms with van der Waals surface area (Å²) in [6.45, 7) is 0.0439. The summed E-state index contributed by atoms with van der Waals surface area (Å²) in [7, 11) is 1.72. The Labute approximate surface area is 181 Å². The van der Waals surface area contributed by atoms with Gasteiger partial charge in [-0.1, -0.05) is 66.7 Å². The number of hydrogen-bond donors (Lipinski definition) is 1. The fraction of sp³-hybridized carbons (Fsp3) is 0.160. The second-order valence-electron chi connectivity index (χ2n) is 7.43. The van der Waals surface area contributed by atoms with E-state index in [4.69, 9.17) is 0 Å². The maximum absolute atomic E-state index is 13.3. The van der Waals surface area contributed by atoms with Crippen molar-refractivity contribution in [1.29, 1.82) is 0 Å². The Morgan fingerprint density at radius 1 is 0.935 bits per heavy atom. The van der Waals surface area contributed by atoms with E-state index in [1.807, 2.05) is 91.1 Å². The zero-order chi connectivity index (χ0) is 21.6. The molecular weight excluding hydrogens is 388 g/mol. The number of aromatic nitrogens is 2. The van der Waals surface area contributed by atoms with E-state index in [1.54, 1.807) is 16.6 Å². The maximum atomic E-state index is 13.3. The Kier molecular flexibility index (Phi) is 6.08. The van der Waals surface area contributed by atoms with Crippen LogP contribution in [0, 0.1) is 0 Å².